The lowest BCUT2D eigenvalue weighted by Gasteiger charge is -2.03. The van der Waals surface area contributed by atoms with E-state index in [-0.39, 0.29) is 5.84 Å². The van der Waals surface area contributed by atoms with Crippen LogP contribution in [0.4, 0.5) is 0 Å². The van der Waals surface area contributed by atoms with Gasteiger partial charge in [-0.3, -0.25) is 10.1 Å². The van der Waals surface area contributed by atoms with Crippen LogP contribution >= 0.6 is 0 Å². The summed E-state index contributed by atoms with van der Waals surface area (Å²) in [4.78, 5) is 0. The minimum absolute atomic E-state index is 0.197. The van der Waals surface area contributed by atoms with Crippen molar-refractivity contribution in [3.63, 3.8) is 0 Å². The molecule has 1 rings (SSSR count). The number of aryl methyl sites for hydroxylation is 1. The molecule has 0 aliphatic heterocycles. The molecule has 1 aromatic rings. The number of nitrogens with one attached hydrogen (secondary N) is 1. The lowest BCUT2D eigenvalue weighted by Crippen LogP contribution is -2.13. The fraction of sp³-hybridized carbons (Fsp3) is 0.600. The second-order valence-electron chi connectivity index (χ2n) is 3.75. The zero-order chi connectivity index (χ0) is 10.7. The molecular weight excluding hydrogens is 176 g/mol. The topological polar surface area (TPSA) is 67.7 Å². The maximum atomic E-state index is 7.28. The van der Waals surface area contributed by atoms with Crippen LogP contribution in [0.1, 0.15) is 37.9 Å². The molecule has 1 aromatic heterocycles. The Labute approximate surface area is 84.6 Å². The molecule has 0 saturated carbocycles. The summed E-state index contributed by atoms with van der Waals surface area (Å²) in [6.07, 6.45) is 2.49. The maximum Gasteiger partial charge on any atom is 0.0951 e. The Bertz CT molecular complexity index is 325. The summed E-state index contributed by atoms with van der Waals surface area (Å²) in [5.74, 6) is 0.583. The number of nitrogens with zero attached hydrogens (tertiary/aromatic N) is 2. The molecule has 0 atom stereocenters. The molecule has 4 nitrogen and oxygen atoms in total. The summed E-state index contributed by atoms with van der Waals surface area (Å²) >= 11 is 0. The standard InChI is InChI=1S/C10H18N4/c1-4-14-6-8(5-9(11)12)10(13-14)7(2)3/h6-7H,4-5H2,1-3H3,(H3,11,12). The predicted octanol–water partition coefficient (Wildman–Crippen LogP) is 1.50. The third-order valence-corrected chi connectivity index (χ3v) is 2.12. The monoisotopic (exact) mass is 194 g/mol. The van der Waals surface area contributed by atoms with Gasteiger partial charge in [0.1, 0.15) is 0 Å². The van der Waals surface area contributed by atoms with Gasteiger partial charge in [0.15, 0.2) is 0 Å². The zero-order valence-electron chi connectivity index (χ0n) is 9.04. The van der Waals surface area contributed by atoms with Crippen LogP contribution in [-0.2, 0) is 13.0 Å². The van der Waals surface area contributed by atoms with Crippen LogP contribution in [-0.4, -0.2) is 15.6 Å². The second kappa shape index (κ2) is 4.26. The average Bonchev–Trinajstić information content (AvgIpc) is 2.46. The van der Waals surface area contributed by atoms with Gasteiger partial charge in [-0.05, 0) is 12.8 Å². The summed E-state index contributed by atoms with van der Waals surface area (Å²) in [6.45, 7) is 7.12. The van der Waals surface area contributed by atoms with Gasteiger partial charge >= 0.3 is 0 Å². The van der Waals surface area contributed by atoms with E-state index in [1.807, 2.05) is 10.9 Å². The molecule has 0 radical (unpaired) electrons. The molecule has 0 spiro atoms. The van der Waals surface area contributed by atoms with Crippen molar-refractivity contribution in [3.05, 3.63) is 17.5 Å². The van der Waals surface area contributed by atoms with E-state index in [1.54, 1.807) is 0 Å². The highest BCUT2D eigenvalue weighted by Gasteiger charge is 2.12. The summed E-state index contributed by atoms with van der Waals surface area (Å²) in [5, 5.41) is 11.7. The van der Waals surface area contributed by atoms with E-state index < -0.39 is 0 Å². The fourth-order valence-corrected chi connectivity index (χ4v) is 1.47. The van der Waals surface area contributed by atoms with Crippen molar-refractivity contribution >= 4 is 5.84 Å². The van der Waals surface area contributed by atoms with Crippen LogP contribution in [0, 0.1) is 5.41 Å². The number of hydrogen-bond donors (Lipinski definition) is 2. The number of nitrogens with two attached hydrogens (primary N) is 1. The lowest BCUT2D eigenvalue weighted by molar-refractivity contribution is 0.635. The molecule has 4 heteroatoms. The first-order valence-electron chi connectivity index (χ1n) is 4.93. The third-order valence-electron chi connectivity index (χ3n) is 2.12. The van der Waals surface area contributed by atoms with Gasteiger partial charge in [-0.1, -0.05) is 13.8 Å². The van der Waals surface area contributed by atoms with Crippen LogP contribution in [0.5, 0.6) is 0 Å². The number of aromatic nitrogens is 2. The quantitative estimate of drug-likeness (QED) is 0.563. The second-order valence-corrected chi connectivity index (χ2v) is 3.75. The van der Waals surface area contributed by atoms with Crippen molar-refractivity contribution in [2.24, 2.45) is 5.73 Å². The van der Waals surface area contributed by atoms with Crippen molar-refractivity contribution in [2.75, 3.05) is 0 Å². The molecule has 14 heavy (non-hydrogen) atoms. The molecule has 78 valence electrons. The SMILES string of the molecule is CCn1cc(CC(=N)N)c(C(C)C)n1. The van der Waals surface area contributed by atoms with Crippen molar-refractivity contribution in [3.8, 4) is 0 Å². The Kier molecular flexibility index (Phi) is 3.28. The van der Waals surface area contributed by atoms with Gasteiger partial charge in [0.05, 0.1) is 11.5 Å². The van der Waals surface area contributed by atoms with Crippen LogP contribution in [0.15, 0.2) is 6.20 Å². The van der Waals surface area contributed by atoms with Gasteiger partial charge in [-0.2, -0.15) is 5.10 Å². The van der Waals surface area contributed by atoms with Crippen molar-refractivity contribution in [1.82, 2.24) is 9.78 Å². The van der Waals surface area contributed by atoms with Gasteiger partial charge in [-0.15, -0.1) is 0 Å². The van der Waals surface area contributed by atoms with Crippen LogP contribution in [0.3, 0.4) is 0 Å². The molecule has 0 unspecified atom stereocenters. The molecule has 0 aliphatic carbocycles. The summed E-state index contributed by atoms with van der Waals surface area (Å²) < 4.78 is 1.90. The van der Waals surface area contributed by atoms with Crippen LogP contribution in [0.25, 0.3) is 0 Å². The average molecular weight is 194 g/mol. The van der Waals surface area contributed by atoms with Crippen molar-refractivity contribution < 1.29 is 0 Å². The number of amidine groups is 1. The molecule has 0 bridgehead atoms. The van der Waals surface area contributed by atoms with Gasteiger partial charge in [0, 0.05) is 24.7 Å². The summed E-state index contributed by atoms with van der Waals surface area (Å²) in [7, 11) is 0. The van der Waals surface area contributed by atoms with Crippen LogP contribution < -0.4 is 5.73 Å². The largest absolute Gasteiger partial charge is 0.387 e. The van der Waals surface area contributed by atoms with E-state index in [1.165, 1.54) is 0 Å². The number of hydrogen-bond acceptors (Lipinski definition) is 2. The Morgan fingerprint density at radius 1 is 1.64 bits per heavy atom. The van der Waals surface area contributed by atoms with Gasteiger partial charge in [-0.25, -0.2) is 0 Å². The van der Waals surface area contributed by atoms with E-state index in [0.29, 0.717) is 12.3 Å². The van der Waals surface area contributed by atoms with E-state index in [2.05, 4.69) is 25.9 Å². The lowest BCUT2D eigenvalue weighted by atomic mass is 10.0. The molecular formula is C10H18N4. The van der Waals surface area contributed by atoms with Crippen molar-refractivity contribution in [1.29, 1.82) is 5.41 Å². The van der Waals surface area contributed by atoms with Gasteiger partial charge in [0.2, 0.25) is 0 Å². The first kappa shape index (κ1) is 10.8. The summed E-state index contributed by atoms with van der Waals surface area (Å²) in [5.41, 5.74) is 7.53. The van der Waals surface area contributed by atoms with Gasteiger partial charge in [0.25, 0.3) is 0 Å². The molecule has 0 amide bonds. The van der Waals surface area contributed by atoms with E-state index >= 15 is 0 Å². The highest BCUT2D eigenvalue weighted by molar-refractivity contribution is 5.79. The Hall–Kier alpha value is -1.32. The van der Waals surface area contributed by atoms with Crippen LogP contribution in [0.2, 0.25) is 0 Å². The molecule has 0 saturated heterocycles. The normalized spacial score (nSPS) is 10.9. The minimum atomic E-state index is 0.197. The smallest absolute Gasteiger partial charge is 0.0951 e. The first-order chi connectivity index (χ1) is 6.54. The van der Waals surface area contributed by atoms with E-state index in [0.717, 1.165) is 17.8 Å². The minimum Gasteiger partial charge on any atom is -0.387 e. The molecule has 3 N–H and O–H groups in total. The summed E-state index contributed by atoms with van der Waals surface area (Å²) in [6, 6.07) is 0. The Morgan fingerprint density at radius 2 is 2.29 bits per heavy atom. The Morgan fingerprint density at radius 3 is 2.71 bits per heavy atom. The maximum absolute atomic E-state index is 7.28. The number of rotatable bonds is 4. The zero-order valence-corrected chi connectivity index (χ0v) is 9.04. The first-order valence-corrected chi connectivity index (χ1v) is 4.93. The molecule has 0 aliphatic rings. The molecule has 1 heterocycles. The predicted molar refractivity (Wildman–Crippen MR) is 57.6 cm³/mol. The highest BCUT2D eigenvalue weighted by atomic mass is 15.3. The van der Waals surface area contributed by atoms with E-state index in [4.69, 9.17) is 11.1 Å². The fourth-order valence-electron chi connectivity index (χ4n) is 1.47. The Balaban J connectivity index is 2.99. The molecule has 0 fully saturated rings. The van der Waals surface area contributed by atoms with E-state index in [9.17, 15) is 0 Å². The highest BCUT2D eigenvalue weighted by Crippen LogP contribution is 2.17. The molecule has 0 aromatic carbocycles. The van der Waals surface area contributed by atoms with Crippen molar-refractivity contribution in [2.45, 2.75) is 39.7 Å². The van der Waals surface area contributed by atoms with Gasteiger partial charge < -0.3 is 5.73 Å². The third kappa shape index (κ3) is 2.34.